The van der Waals surface area contributed by atoms with Crippen LogP contribution in [0.3, 0.4) is 0 Å². The van der Waals surface area contributed by atoms with Gasteiger partial charge < -0.3 is 15.4 Å². The van der Waals surface area contributed by atoms with Gasteiger partial charge in [-0.1, -0.05) is 38.1 Å². The molecule has 0 saturated carbocycles. The van der Waals surface area contributed by atoms with Crippen LogP contribution >= 0.6 is 0 Å². The van der Waals surface area contributed by atoms with Crippen molar-refractivity contribution in [2.24, 2.45) is 0 Å². The van der Waals surface area contributed by atoms with E-state index in [-0.39, 0.29) is 12.0 Å². The predicted octanol–water partition coefficient (Wildman–Crippen LogP) is 1.52. The number of amides is 1. The highest BCUT2D eigenvalue weighted by atomic mass is 16.5. The molecule has 1 fully saturated rings. The van der Waals surface area contributed by atoms with Gasteiger partial charge in [-0.25, -0.2) is 0 Å². The number of rotatable bonds is 8. The van der Waals surface area contributed by atoms with Gasteiger partial charge in [0, 0.05) is 26.2 Å². The first kappa shape index (κ1) is 17.9. The van der Waals surface area contributed by atoms with Crippen molar-refractivity contribution >= 4 is 5.91 Å². The molecule has 1 aromatic rings. The summed E-state index contributed by atoms with van der Waals surface area (Å²) in [6.45, 7) is 10.2. The summed E-state index contributed by atoms with van der Waals surface area (Å²) in [6.07, 6.45) is 0.417. The van der Waals surface area contributed by atoms with Gasteiger partial charge in [-0.3, -0.25) is 9.69 Å². The van der Waals surface area contributed by atoms with Crippen LogP contribution in [0.5, 0.6) is 0 Å². The first-order valence-electron chi connectivity index (χ1n) is 8.61. The van der Waals surface area contributed by atoms with Crippen LogP contribution in [0, 0.1) is 0 Å². The summed E-state index contributed by atoms with van der Waals surface area (Å²) in [5.74, 6) is 0.0522. The monoisotopic (exact) mass is 319 g/mol. The van der Waals surface area contributed by atoms with Crippen LogP contribution in [0.2, 0.25) is 0 Å². The van der Waals surface area contributed by atoms with Crippen molar-refractivity contribution in [2.45, 2.75) is 39.5 Å². The Labute approximate surface area is 139 Å². The van der Waals surface area contributed by atoms with Crippen molar-refractivity contribution in [3.8, 4) is 0 Å². The molecular weight excluding hydrogens is 290 g/mol. The highest BCUT2D eigenvalue weighted by molar-refractivity contribution is 5.76. The van der Waals surface area contributed by atoms with Gasteiger partial charge in [0.2, 0.25) is 5.91 Å². The second-order valence-corrected chi connectivity index (χ2v) is 5.91. The molecule has 23 heavy (non-hydrogen) atoms. The van der Waals surface area contributed by atoms with Gasteiger partial charge in [0.25, 0.3) is 0 Å². The SMILES string of the molecule is CCN(CC)Cc1ccccc1CNC(=O)CC1CNCCO1. The average molecular weight is 319 g/mol. The number of carbonyl (C=O) groups is 1. The van der Waals surface area contributed by atoms with Crippen LogP contribution in [-0.4, -0.2) is 49.7 Å². The Morgan fingerprint density at radius 3 is 2.70 bits per heavy atom. The molecule has 5 heteroatoms. The summed E-state index contributed by atoms with van der Waals surface area (Å²) in [5, 5.41) is 6.28. The van der Waals surface area contributed by atoms with E-state index in [9.17, 15) is 4.79 Å². The molecule has 128 valence electrons. The highest BCUT2D eigenvalue weighted by Crippen LogP contribution is 2.12. The number of ether oxygens (including phenoxy) is 1. The van der Waals surface area contributed by atoms with E-state index >= 15 is 0 Å². The Morgan fingerprint density at radius 2 is 2.04 bits per heavy atom. The zero-order valence-electron chi connectivity index (χ0n) is 14.3. The van der Waals surface area contributed by atoms with E-state index in [4.69, 9.17) is 4.74 Å². The van der Waals surface area contributed by atoms with Crippen molar-refractivity contribution in [1.29, 1.82) is 0 Å². The molecule has 1 aliphatic heterocycles. The number of nitrogens with one attached hydrogen (secondary N) is 2. The number of carbonyl (C=O) groups excluding carboxylic acids is 1. The number of nitrogens with zero attached hydrogens (tertiary/aromatic N) is 1. The normalized spacial score (nSPS) is 18.1. The van der Waals surface area contributed by atoms with Crippen LogP contribution in [0.25, 0.3) is 0 Å². The third-order valence-corrected chi connectivity index (χ3v) is 4.30. The molecule has 0 aliphatic carbocycles. The Balaban J connectivity index is 1.85. The number of morpholine rings is 1. The summed E-state index contributed by atoms with van der Waals surface area (Å²) in [5.41, 5.74) is 2.47. The summed E-state index contributed by atoms with van der Waals surface area (Å²) >= 11 is 0. The van der Waals surface area contributed by atoms with E-state index in [1.54, 1.807) is 0 Å². The summed E-state index contributed by atoms with van der Waals surface area (Å²) in [6, 6.07) is 8.33. The largest absolute Gasteiger partial charge is 0.375 e. The number of hydrogen-bond acceptors (Lipinski definition) is 4. The molecule has 1 amide bonds. The fourth-order valence-corrected chi connectivity index (χ4v) is 2.80. The third kappa shape index (κ3) is 5.94. The van der Waals surface area contributed by atoms with Crippen molar-refractivity contribution in [1.82, 2.24) is 15.5 Å². The minimum absolute atomic E-state index is 0.00494. The lowest BCUT2D eigenvalue weighted by Crippen LogP contribution is -2.41. The van der Waals surface area contributed by atoms with Crippen LogP contribution < -0.4 is 10.6 Å². The zero-order valence-corrected chi connectivity index (χ0v) is 14.3. The molecule has 2 N–H and O–H groups in total. The minimum Gasteiger partial charge on any atom is -0.375 e. The van der Waals surface area contributed by atoms with Gasteiger partial charge in [0.15, 0.2) is 0 Å². The zero-order chi connectivity index (χ0) is 16.5. The number of benzene rings is 1. The molecule has 1 unspecified atom stereocenters. The maximum atomic E-state index is 12.1. The fraction of sp³-hybridized carbons (Fsp3) is 0.611. The molecule has 1 aliphatic rings. The van der Waals surface area contributed by atoms with E-state index in [1.165, 1.54) is 11.1 Å². The number of hydrogen-bond donors (Lipinski definition) is 2. The highest BCUT2D eigenvalue weighted by Gasteiger charge is 2.17. The lowest BCUT2D eigenvalue weighted by Gasteiger charge is -2.23. The first-order chi connectivity index (χ1) is 11.2. The van der Waals surface area contributed by atoms with Gasteiger partial charge in [-0.2, -0.15) is 0 Å². The van der Waals surface area contributed by atoms with Crippen molar-refractivity contribution in [3.63, 3.8) is 0 Å². The Hall–Kier alpha value is -1.43. The van der Waals surface area contributed by atoms with E-state index in [0.29, 0.717) is 19.6 Å². The standard InChI is InChI=1S/C18H29N3O2/c1-3-21(4-2)14-16-8-6-5-7-15(16)12-20-18(22)11-17-13-19-9-10-23-17/h5-8,17,19H,3-4,9-14H2,1-2H3,(H,20,22). The maximum Gasteiger partial charge on any atom is 0.222 e. The van der Waals surface area contributed by atoms with Crippen LogP contribution in [0.4, 0.5) is 0 Å². The topological polar surface area (TPSA) is 53.6 Å². The predicted molar refractivity (Wildman–Crippen MR) is 92.1 cm³/mol. The second-order valence-electron chi connectivity index (χ2n) is 5.91. The average Bonchev–Trinajstić information content (AvgIpc) is 2.59. The Kier molecular flexibility index (Phi) is 7.52. The molecule has 0 aromatic heterocycles. The molecule has 1 saturated heterocycles. The molecule has 2 rings (SSSR count). The maximum absolute atomic E-state index is 12.1. The van der Waals surface area contributed by atoms with Crippen molar-refractivity contribution in [2.75, 3.05) is 32.8 Å². The lowest BCUT2D eigenvalue weighted by atomic mass is 10.1. The van der Waals surface area contributed by atoms with Gasteiger partial charge in [0.1, 0.15) is 0 Å². The molecule has 5 nitrogen and oxygen atoms in total. The fourth-order valence-electron chi connectivity index (χ4n) is 2.80. The lowest BCUT2D eigenvalue weighted by molar-refractivity contribution is -0.124. The van der Waals surface area contributed by atoms with Crippen LogP contribution in [0.1, 0.15) is 31.4 Å². The van der Waals surface area contributed by atoms with Crippen molar-refractivity contribution < 1.29 is 9.53 Å². The Bertz CT molecular complexity index is 483. The van der Waals surface area contributed by atoms with E-state index in [2.05, 4.69) is 47.6 Å². The molecular formula is C18H29N3O2. The smallest absolute Gasteiger partial charge is 0.222 e. The van der Waals surface area contributed by atoms with Crippen LogP contribution in [-0.2, 0) is 22.6 Å². The van der Waals surface area contributed by atoms with Crippen LogP contribution in [0.15, 0.2) is 24.3 Å². The summed E-state index contributed by atoms with van der Waals surface area (Å²) < 4.78 is 5.58. The van der Waals surface area contributed by atoms with E-state index < -0.39 is 0 Å². The van der Waals surface area contributed by atoms with Gasteiger partial charge >= 0.3 is 0 Å². The first-order valence-corrected chi connectivity index (χ1v) is 8.61. The van der Waals surface area contributed by atoms with E-state index in [1.807, 2.05) is 6.07 Å². The molecule has 1 aromatic carbocycles. The Morgan fingerprint density at radius 1 is 1.30 bits per heavy atom. The molecule has 0 spiro atoms. The van der Waals surface area contributed by atoms with Crippen molar-refractivity contribution in [3.05, 3.63) is 35.4 Å². The van der Waals surface area contributed by atoms with E-state index in [0.717, 1.165) is 32.7 Å². The summed E-state index contributed by atoms with van der Waals surface area (Å²) in [7, 11) is 0. The second kappa shape index (κ2) is 9.65. The molecule has 1 heterocycles. The molecule has 0 bridgehead atoms. The van der Waals surface area contributed by atoms with Gasteiger partial charge in [-0.15, -0.1) is 0 Å². The van der Waals surface area contributed by atoms with Gasteiger partial charge in [0.05, 0.1) is 19.1 Å². The third-order valence-electron chi connectivity index (χ3n) is 4.30. The van der Waals surface area contributed by atoms with Gasteiger partial charge in [-0.05, 0) is 24.2 Å². The minimum atomic E-state index is -0.00494. The molecule has 1 atom stereocenters. The quantitative estimate of drug-likeness (QED) is 0.763. The summed E-state index contributed by atoms with van der Waals surface area (Å²) in [4.78, 5) is 14.5. The molecule has 0 radical (unpaired) electrons.